The molecule has 1 aromatic rings. The van der Waals surface area contributed by atoms with Crippen LogP contribution in [0.5, 0.6) is 5.75 Å². The Balaban J connectivity index is 0.000000963. The molecule has 3 heteroatoms. The third-order valence-electron chi connectivity index (χ3n) is 3.60. The number of hydrogen-bond acceptors (Lipinski definition) is 2. The van der Waals surface area contributed by atoms with Crippen molar-refractivity contribution in [3.63, 3.8) is 0 Å². The molecule has 16 heavy (non-hydrogen) atoms. The van der Waals surface area contributed by atoms with Crippen LogP contribution in [0.2, 0.25) is 0 Å². The molecule has 1 aliphatic heterocycles. The number of rotatable bonds is 0. The van der Waals surface area contributed by atoms with E-state index in [-0.39, 0.29) is 17.9 Å². The van der Waals surface area contributed by atoms with E-state index in [1.165, 1.54) is 5.56 Å². The summed E-state index contributed by atoms with van der Waals surface area (Å²) in [5.74, 6) is 1.39. The Bertz CT molecular complexity index is 418. The first kappa shape index (κ1) is 11.5. The van der Waals surface area contributed by atoms with E-state index in [1.807, 2.05) is 18.2 Å². The van der Waals surface area contributed by atoms with Gasteiger partial charge in [0, 0.05) is 11.5 Å². The van der Waals surface area contributed by atoms with Crippen LogP contribution in [-0.4, -0.2) is 6.61 Å². The summed E-state index contributed by atoms with van der Waals surface area (Å²) in [7, 11) is 0. The van der Waals surface area contributed by atoms with Gasteiger partial charge in [-0.3, -0.25) is 0 Å². The predicted molar refractivity (Wildman–Crippen MR) is 66.9 cm³/mol. The molecular weight excluding hydrogens is 222 g/mol. The van der Waals surface area contributed by atoms with E-state index in [2.05, 4.69) is 18.2 Å². The third-order valence-corrected chi connectivity index (χ3v) is 3.60. The molecular formula is C13H16ClNO. The fourth-order valence-electron chi connectivity index (χ4n) is 2.63. The molecule has 2 N–H and O–H groups in total. The van der Waals surface area contributed by atoms with E-state index in [4.69, 9.17) is 10.5 Å². The van der Waals surface area contributed by atoms with Gasteiger partial charge in [0.1, 0.15) is 5.75 Å². The van der Waals surface area contributed by atoms with Gasteiger partial charge in [-0.2, -0.15) is 0 Å². The first-order chi connectivity index (χ1) is 7.31. The van der Waals surface area contributed by atoms with Crippen LogP contribution < -0.4 is 10.5 Å². The summed E-state index contributed by atoms with van der Waals surface area (Å²) < 4.78 is 5.74. The van der Waals surface area contributed by atoms with Gasteiger partial charge in [-0.05, 0) is 18.9 Å². The number of ether oxygens (including phenoxy) is 1. The Morgan fingerprint density at radius 1 is 1.25 bits per heavy atom. The zero-order chi connectivity index (χ0) is 10.3. The highest BCUT2D eigenvalue weighted by atomic mass is 35.5. The van der Waals surface area contributed by atoms with Crippen molar-refractivity contribution in [1.29, 1.82) is 0 Å². The molecule has 1 aliphatic carbocycles. The summed E-state index contributed by atoms with van der Waals surface area (Å²) in [5, 5.41) is 0. The third kappa shape index (κ3) is 1.53. The number of fused-ring (bicyclic) bond motifs is 3. The van der Waals surface area contributed by atoms with E-state index in [1.54, 1.807) is 0 Å². The highest BCUT2D eigenvalue weighted by Crippen LogP contribution is 2.44. The van der Waals surface area contributed by atoms with Crippen LogP contribution in [0.15, 0.2) is 36.4 Å². The molecule has 0 saturated carbocycles. The summed E-state index contributed by atoms with van der Waals surface area (Å²) in [6, 6.07) is 8.15. The van der Waals surface area contributed by atoms with Crippen molar-refractivity contribution in [3.8, 4) is 5.75 Å². The lowest BCUT2D eigenvalue weighted by Gasteiger charge is -2.43. The largest absolute Gasteiger partial charge is 0.493 e. The molecule has 2 aliphatic rings. The molecule has 0 radical (unpaired) electrons. The van der Waals surface area contributed by atoms with Gasteiger partial charge in [-0.1, -0.05) is 30.4 Å². The average molecular weight is 238 g/mol. The zero-order valence-corrected chi connectivity index (χ0v) is 9.87. The van der Waals surface area contributed by atoms with Crippen LogP contribution in [0, 0.1) is 5.92 Å². The van der Waals surface area contributed by atoms with Crippen LogP contribution in [0.4, 0.5) is 0 Å². The van der Waals surface area contributed by atoms with Crippen molar-refractivity contribution in [3.05, 3.63) is 42.0 Å². The Morgan fingerprint density at radius 2 is 2.06 bits per heavy atom. The molecule has 0 fully saturated rings. The molecule has 1 aromatic carbocycles. The van der Waals surface area contributed by atoms with Crippen LogP contribution >= 0.6 is 12.4 Å². The number of nitrogens with two attached hydrogens (primary N) is 1. The maximum atomic E-state index is 6.54. The number of allylic oxidation sites excluding steroid dienone is 1. The van der Waals surface area contributed by atoms with Gasteiger partial charge in [0.15, 0.2) is 0 Å². The van der Waals surface area contributed by atoms with Crippen molar-refractivity contribution in [1.82, 2.24) is 0 Å². The molecule has 0 amide bonds. The van der Waals surface area contributed by atoms with Gasteiger partial charge in [0.2, 0.25) is 0 Å². The average Bonchev–Trinajstić information content (AvgIpc) is 2.29. The number of hydrogen-bond donors (Lipinski definition) is 1. The lowest BCUT2D eigenvalue weighted by atomic mass is 9.71. The second-order valence-corrected chi connectivity index (χ2v) is 4.46. The number of para-hydroxylation sites is 1. The molecule has 86 valence electrons. The molecule has 0 bridgehead atoms. The van der Waals surface area contributed by atoms with E-state index in [0.29, 0.717) is 5.92 Å². The molecule has 2 nitrogen and oxygen atoms in total. The lowest BCUT2D eigenvalue weighted by molar-refractivity contribution is 0.128. The standard InChI is InChI=1S/C13H15NO.ClH/c14-13-8-4-3-5-10(13)9-15-12-7-2-1-6-11(12)13;/h1-4,6-7,10H,5,8-9,14H2;1H. The summed E-state index contributed by atoms with van der Waals surface area (Å²) in [6.07, 6.45) is 6.37. The van der Waals surface area contributed by atoms with Crippen LogP contribution in [0.3, 0.4) is 0 Å². The maximum absolute atomic E-state index is 6.54. The highest BCUT2D eigenvalue weighted by molar-refractivity contribution is 5.85. The lowest BCUT2D eigenvalue weighted by Crippen LogP contribution is -2.50. The SMILES string of the molecule is Cl.NC12CC=CCC1COc1ccccc12. The van der Waals surface area contributed by atoms with Crippen molar-refractivity contribution in [2.24, 2.45) is 11.7 Å². The summed E-state index contributed by atoms with van der Waals surface area (Å²) in [6.45, 7) is 0.748. The van der Waals surface area contributed by atoms with E-state index < -0.39 is 0 Å². The highest BCUT2D eigenvalue weighted by Gasteiger charge is 2.42. The van der Waals surface area contributed by atoms with Gasteiger partial charge >= 0.3 is 0 Å². The van der Waals surface area contributed by atoms with Crippen molar-refractivity contribution >= 4 is 12.4 Å². The molecule has 2 unspecified atom stereocenters. The van der Waals surface area contributed by atoms with E-state index >= 15 is 0 Å². The van der Waals surface area contributed by atoms with E-state index in [0.717, 1.165) is 25.2 Å². The smallest absolute Gasteiger partial charge is 0.124 e. The van der Waals surface area contributed by atoms with Crippen LogP contribution in [0.1, 0.15) is 18.4 Å². The minimum Gasteiger partial charge on any atom is -0.493 e. The Hall–Kier alpha value is -0.990. The Kier molecular flexibility index (Phi) is 2.96. The fraction of sp³-hybridized carbons (Fsp3) is 0.385. The van der Waals surface area contributed by atoms with Crippen LogP contribution in [0.25, 0.3) is 0 Å². The number of halogens is 1. The quantitative estimate of drug-likeness (QED) is 0.704. The predicted octanol–water partition coefficient (Wildman–Crippen LogP) is 2.62. The van der Waals surface area contributed by atoms with Gasteiger partial charge in [0.05, 0.1) is 12.1 Å². The summed E-state index contributed by atoms with van der Waals surface area (Å²) in [4.78, 5) is 0. The molecule has 2 atom stereocenters. The summed E-state index contributed by atoms with van der Waals surface area (Å²) >= 11 is 0. The normalized spacial score (nSPS) is 30.7. The van der Waals surface area contributed by atoms with Crippen molar-refractivity contribution < 1.29 is 4.74 Å². The topological polar surface area (TPSA) is 35.2 Å². The summed E-state index contributed by atoms with van der Waals surface area (Å²) in [5.41, 5.74) is 7.51. The molecule has 0 spiro atoms. The Morgan fingerprint density at radius 3 is 2.94 bits per heavy atom. The maximum Gasteiger partial charge on any atom is 0.124 e. The van der Waals surface area contributed by atoms with Gasteiger partial charge in [-0.25, -0.2) is 0 Å². The zero-order valence-electron chi connectivity index (χ0n) is 9.06. The first-order valence-electron chi connectivity index (χ1n) is 5.47. The first-order valence-corrected chi connectivity index (χ1v) is 5.47. The molecule has 0 aromatic heterocycles. The van der Waals surface area contributed by atoms with Gasteiger partial charge < -0.3 is 10.5 Å². The van der Waals surface area contributed by atoms with Crippen molar-refractivity contribution in [2.75, 3.05) is 6.61 Å². The molecule has 3 rings (SSSR count). The minimum atomic E-state index is -0.205. The van der Waals surface area contributed by atoms with Crippen molar-refractivity contribution in [2.45, 2.75) is 18.4 Å². The second kappa shape index (κ2) is 4.11. The monoisotopic (exact) mass is 237 g/mol. The Labute approximate surface area is 102 Å². The fourth-order valence-corrected chi connectivity index (χ4v) is 2.63. The second-order valence-electron chi connectivity index (χ2n) is 4.46. The van der Waals surface area contributed by atoms with Gasteiger partial charge in [0.25, 0.3) is 0 Å². The minimum absolute atomic E-state index is 0. The molecule has 1 heterocycles. The van der Waals surface area contributed by atoms with E-state index in [9.17, 15) is 0 Å². The molecule has 0 saturated heterocycles. The van der Waals surface area contributed by atoms with Crippen LogP contribution in [-0.2, 0) is 5.54 Å². The van der Waals surface area contributed by atoms with Gasteiger partial charge in [-0.15, -0.1) is 12.4 Å². The number of benzene rings is 1.